The average Bonchev–Trinajstić information content (AvgIpc) is 1.19. The highest BCUT2D eigenvalue weighted by atomic mass is 127. The number of carbonyl (C=O) groups excluding carboxylic acids is 2. The quantitative estimate of drug-likeness (QED) is 0.0308. The minimum Gasteiger partial charge on any atom is -0.414 e. The number of ether oxygens (including phenoxy) is 6. The van der Waals surface area contributed by atoms with Gasteiger partial charge in [-0.3, -0.25) is 4.79 Å². The van der Waals surface area contributed by atoms with Gasteiger partial charge in [0.25, 0.3) is 0 Å². The van der Waals surface area contributed by atoms with Crippen LogP contribution in [-0.4, -0.2) is 173 Å². The Hall–Kier alpha value is -0.896. The Balaban J connectivity index is 1.49. The van der Waals surface area contributed by atoms with E-state index in [1.807, 2.05) is 4.08 Å². The number of ketones is 1. The molecule has 18 atom stereocenters. The van der Waals surface area contributed by atoms with Crippen molar-refractivity contribution in [1.82, 2.24) is 0 Å². The summed E-state index contributed by atoms with van der Waals surface area (Å²) in [6.07, 6.45) is 0.262. The number of benzene rings is 1. The van der Waals surface area contributed by atoms with Crippen molar-refractivity contribution in [1.29, 1.82) is 0 Å². The number of rotatable bonds is 30. The van der Waals surface area contributed by atoms with E-state index in [0.29, 0.717) is 51.6 Å². The zero-order valence-corrected chi connectivity index (χ0v) is 73.8. The van der Waals surface area contributed by atoms with Crippen molar-refractivity contribution in [2.75, 3.05) is 13.7 Å². The van der Waals surface area contributed by atoms with Crippen molar-refractivity contribution in [2.24, 2.45) is 11.8 Å². The van der Waals surface area contributed by atoms with Gasteiger partial charge in [0.2, 0.25) is 0 Å². The molecule has 0 saturated carbocycles. The van der Waals surface area contributed by atoms with Gasteiger partial charge in [-0.05, 0) is 175 Å². The zero-order chi connectivity index (χ0) is 74.1. The van der Waals surface area contributed by atoms with Crippen LogP contribution in [0.4, 0.5) is 0 Å². The maximum absolute atomic E-state index is 16.5. The lowest BCUT2D eigenvalue weighted by Crippen LogP contribution is -2.69. The van der Waals surface area contributed by atoms with Gasteiger partial charge in [0.15, 0.2) is 57.2 Å². The first-order valence-electron chi connectivity index (χ1n) is 36.8. The smallest absolute Gasteiger partial charge is 0.193 e. The van der Waals surface area contributed by atoms with Gasteiger partial charge >= 0.3 is 0 Å². The summed E-state index contributed by atoms with van der Waals surface area (Å²) in [6, 6.07) is 8.38. The van der Waals surface area contributed by atoms with Gasteiger partial charge in [-0.15, -0.1) is 0 Å². The van der Waals surface area contributed by atoms with Gasteiger partial charge in [-0.2, -0.15) is 0 Å². The fourth-order valence-corrected chi connectivity index (χ4v) is 22.0. The molecular formula is C76H135IO15SSi5. The third kappa shape index (κ3) is 20.8. The third-order valence-electron chi connectivity index (χ3n) is 24.7. The second kappa shape index (κ2) is 33.1. The van der Waals surface area contributed by atoms with E-state index in [4.69, 9.17) is 50.6 Å². The molecule has 3 unspecified atom stereocenters. The molecule has 22 heteroatoms. The predicted molar refractivity (Wildman–Crippen MR) is 419 cm³/mol. The monoisotopic (exact) mass is 1590 g/mol. The van der Waals surface area contributed by atoms with E-state index in [2.05, 4.69) is 218 Å². The molecule has 0 N–H and O–H groups in total. The lowest BCUT2D eigenvalue weighted by Gasteiger charge is -2.56. The summed E-state index contributed by atoms with van der Waals surface area (Å²) >= 11 is 2.29. The number of aldehydes is 1. The minimum absolute atomic E-state index is 0.0354. The van der Waals surface area contributed by atoms with Gasteiger partial charge in [-0.25, -0.2) is 8.42 Å². The van der Waals surface area contributed by atoms with E-state index in [1.165, 1.54) is 0 Å². The summed E-state index contributed by atoms with van der Waals surface area (Å²) in [5.74, 6) is -1.45. The van der Waals surface area contributed by atoms with Gasteiger partial charge in [0, 0.05) is 38.7 Å². The summed E-state index contributed by atoms with van der Waals surface area (Å²) in [7, 11) is -15.4. The highest BCUT2D eigenvalue weighted by Crippen LogP contribution is 2.50. The van der Waals surface area contributed by atoms with Crippen molar-refractivity contribution < 1.29 is 68.6 Å². The van der Waals surface area contributed by atoms with Crippen LogP contribution in [0.3, 0.4) is 0 Å². The number of hydrogen-bond acceptors (Lipinski definition) is 15. The summed E-state index contributed by atoms with van der Waals surface area (Å²) in [4.78, 5) is 27.9. The molecule has 6 rings (SSSR count). The summed E-state index contributed by atoms with van der Waals surface area (Å²) < 4.78 is 115. The van der Waals surface area contributed by atoms with Crippen molar-refractivity contribution in [3.8, 4) is 0 Å². The summed E-state index contributed by atoms with van der Waals surface area (Å²) in [5.41, 5.74) is 1.92. The maximum Gasteiger partial charge on any atom is 0.193 e. The molecule has 5 fully saturated rings. The number of hydrogen-bond donors (Lipinski definition) is 0. The van der Waals surface area contributed by atoms with E-state index in [0.717, 1.165) is 30.3 Å². The fraction of sp³-hybridized carbons (Fsp3) is 0.816. The molecule has 1 aromatic carbocycles. The Morgan fingerprint density at radius 3 is 1.74 bits per heavy atom. The Morgan fingerprint density at radius 1 is 0.653 bits per heavy atom. The van der Waals surface area contributed by atoms with Crippen LogP contribution in [0.1, 0.15) is 181 Å². The molecule has 5 saturated heterocycles. The van der Waals surface area contributed by atoms with Crippen molar-refractivity contribution in [3.63, 3.8) is 0 Å². The van der Waals surface area contributed by atoms with Crippen LogP contribution in [0.25, 0.3) is 0 Å². The predicted octanol–water partition coefficient (Wildman–Crippen LogP) is 18.6. The molecule has 15 nitrogen and oxygen atoms in total. The molecule has 0 spiro atoms. The second-order valence-corrected chi connectivity index (χ2v) is 63.8. The van der Waals surface area contributed by atoms with Crippen molar-refractivity contribution in [2.45, 2.75) is 374 Å². The van der Waals surface area contributed by atoms with E-state index in [1.54, 1.807) is 37.4 Å². The molecule has 0 bridgehead atoms. The van der Waals surface area contributed by atoms with Crippen molar-refractivity contribution in [3.05, 3.63) is 64.8 Å². The van der Waals surface area contributed by atoms with Gasteiger partial charge in [0.05, 0.1) is 78.6 Å². The van der Waals surface area contributed by atoms with Gasteiger partial charge in [-0.1, -0.05) is 165 Å². The standard InChI is InChI=1S/C76H135IO15SSi5/c1-50-44-54(37-39-59-51(2)45-53(84-59)34-33-43-78)85-62(52(50)3)48-63-65(66(82-19)64(87-63)47-56(89-95(22,23)73(7,8)9)49-83-94(20,21)72(4,5)6)71(93(80,81)57-35-31-30-32-36-57)58(79)46-55-38-40-60-67(86-55)69(91-97(26,27)75(13,14)15)70(92-98(28,29)76(16,17)18)68(88-60)61(41-42-77)90-96(24,25)74(10,11)12/h30-32,35-36,41-43,50,53-56,59-71H,2-3,33-34,37-40,44-49H2,1,4-29H3/b42-41+/t50-,53+,54+,55-,56+,59?,60+,61+,62?,63+,64-,65?,66+,67+,68+,69+,70-,71+/m1/s1. The molecule has 5 aliphatic rings. The first-order valence-corrected chi connectivity index (χ1v) is 54.1. The topological polar surface area (TPSA) is 170 Å². The third-order valence-corrected chi connectivity index (χ3v) is 49.8. The van der Waals surface area contributed by atoms with E-state index in [9.17, 15) is 4.79 Å². The van der Waals surface area contributed by atoms with Crippen LogP contribution in [0.5, 0.6) is 0 Å². The molecule has 0 aliphatic carbocycles. The average molecular weight is 1590 g/mol. The number of sulfone groups is 1. The molecule has 98 heavy (non-hydrogen) atoms. The highest BCUT2D eigenvalue weighted by Gasteiger charge is 2.61. The Labute approximate surface area is 614 Å². The normalized spacial score (nSPS) is 30.4. The van der Waals surface area contributed by atoms with E-state index < -0.39 is 142 Å². The molecule has 0 radical (unpaired) electrons. The van der Waals surface area contributed by atoms with Crippen LogP contribution >= 0.6 is 22.6 Å². The fourth-order valence-electron chi connectivity index (χ4n) is 13.3. The van der Waals surface area contributed by atoms with Crippen LogP contribution in [0, 0.1) is 11.8 Å². The molecule has 5 aliphatic heterocycles. The number of fused-ring (bicyclic) bond motifs is 1. The number of halogens is 1. The molecular weight excluding hydrogens is 1450 g/mol. The molecule has 562 valence electrons. The second-order valence-electron chi connectivity index (χ2n) is 37.2. The number of methoxy groups -OCH3 is 1. The lowest BCUT2D eigenvalue weighted by molar-refractivity contribution is -0.266. The zero-order valence-electron chi connectivity index (χ0n) is 65.8. The lowest BCUT2D eigenvalue weighted by atomic mass is 9.81. The first-order chi connectivity index (χ1) is 44.7. The van der Waals surface area contributed by atoms with Crippen LogP contribution in [0.15, 0.2) is 69.7 Å². The Kier molecular flexibility index (Phi) is 29.0. The summed E-state index contributed by atoms with van der Waals surface area (Å²) in [6.45, 7) is 67.7. The van der Waals surface area contributed by atoms with Crippen LogP contribution in [-0.2, 0) is 70.0 Å². The minimum atomic E-state index is -4.52. The Bertz CT molecular complexity index is 2960. The van der Waals surface area contributed by atoms with Gasteiger partial charge in [0.1, 0.15) is 36.0 Å². The SMILES string of the molecule is C=C1C[C@H](CCC=O)OC1CC[C@H]1C[C@@H](C)C(=C)C(C[C@@H]2O[C@H](C[C@@H](CO[Si](C)(C)C(C)(C)C)O[Si](C)(C)C(C)(C)C)[C@H](OC)C2[C@H](C(=O)C[C@H]2CC[C@@H]3O[C@@H]([C@H](/C=C/I)O[Si](C)(C)C(C)(C)C)[C@@H](O[Si](C)(C)C(C)(C)C)[C@@H](O[Si](C)(C)C(C)(C)C)[C@H]3O2)S(=O)(=O)c2ccccc2)O1. The molecule has 5 heterocycles. The largest absolute Gasteiger partial charge is 0.414 e. The number of carbonyl (C=O) groups is 2. The van der Waals surface area contributed by atoms with E-state index >= 15 is 13.2 Å². The molecule has 1 aromatic rings. The van der Waals surface area contributed by atoms with Crippen LogP contribution < -0.4 is 0 Å². The molecule has 0 aromatic heterocycles. The molecule has 0 amide bonds. The first kappa shape index (κ1) is 86.0. The van der Waals surface area contributed by atoms with E-state index in [-0.39, 0.29) is 67.2 Å². The van der Waals surface area contributed by atoms with Crippen molar-refractivity contribution >= 4 is 86.1 Å². The number of Topliss-reactive ketones (excluding diaryl/α,β-unsaturated/α-hetero) is 1. The highest BCUT2D eigenvalue weighted by molar-refractivity contribution is 14.1. The Morgan fingerprint density at radius 2 is 1.20 bits per heavy atom. The maximum atomic E-state index is 16.5. The van der Waals surface area contributed by atoms with Crippen LogP contribution in [0.2, 0.25) is 90.7 Å². The summed E-state index contributed by atoms with van der Waals surface area (Å²) in [5, 5.41) is -2.38. The van der Waals surface area contributed by atoms with Gasteiger partial charge < -0.3 is 55.3 Å².